The molecule has 0 saturated heterocycles. The van der Waals surface area contributed by atoms with Gasteiger partial charge in [0.15, 0.2) is 11.5 Å². The average molecular weight is 240 g/mol. The van der Waals surface area contributed by atoms with Crippen molar-refractivity contribution in [2.75, 3.05) is 0 Å². The largest absolute Gasteiger partial charge is 0.294 e. The van der Waals surface area contributed by atoms with Gasteiger partial charge in [-0.1, -0.05) is 51.1 Å². The number of nitrogens with one attached hydrogen (secondary N) is 1. The Morgan fingerprint density at radius 2 is 1.78 bits per heavy atom. The Labute approximate surface area is 106 Å². The van der Waals surface area contributed by atoms with Crippen LogP contribution in [0.1, 0.15) is 26.5 Å². The van der Waals surface area contributed by atoms with Crippen molar-refractivity contribution in [2.45, 2.75) is 26.2 Å². The van der Waals surface area contributed by atoms with Crippen LogP contribution in [0.5, 0.6) is 0 Å². The molecule has 0 saturated carbocycles. The topological polar surface area (TPSA) is 46.0 Å². The van der Waals surface area contributed by atoms with Gasteiger partial charge in [0.2, 0.25) is 0 Å². The van der Waals surface area contributed by atoms with Crippen molar-refractivity contribution in [3.8, 4) is 11.4 Å². The van der Waals surface area contributed by atoms with Crippen LogP contribution in [0.2, 0.25) is 0 Å². The lowest BCUT2D eigenvalue weighted by Crippen LogP contribution is -2.12. The molecule has 4 heteroatoms. The Hall–Kier alpha value is -2.10. The molecule has 0 atom stereocenters. The van der Waals surface area contributed by atoms with E-state index in [1.165, 1.54) is 0 Å². The minimum Gasteiger partial charge on any atom is -0.294 e. The molecule has 0 aliphatic carbocycles. The summed E-state index contributed by atoms with van der Waals surface area (Å²) >= 11 is 0. The third kappa shape index (κ3) is 1.70. The third-order valence-corrected chi connectivity index (χ3v) is 3.03. The van der Waals surface area contributed by atoms with Crippen LogP contribution >= 0.6 is 0 Å². The van der Waals surface area contributed by atoms with E-state index in [1.54, 1.807) is 0 Å². The highest BCUT2D eigenvalue weighted by Gasteiger charge is 2.19. The summed E-state index contributed by atoms with van der Waals surface area (Å²) < 4.78 is 1.94. The fourth-order valence-corrected chi connectivity index (χ4v) is 1.94. The van der Waals surface area contributed by atoms with E-state index in [-0.39, 0.29) is 5.41 Å². The maximum Gasteiger partial charge on any atom is 0.183 e. The highest BCUT2D eigenvalue weighted by Crippen LogP contribution is 2.24. The smallest absolute Gasteiger partial charge is 0.183 e. The average Bonchev–Trinajstić information content (AvgIpc) is 2.88. The Kier molecular flexibility index (Phi) is 2.26. The zero-order valence-corrected chi connectivity index (χ0v) is 10.8. The summed E-state index contributed by atoms with van der Waals surface area (Å²) in [5.41, 5.74) is 3.16. The molecule has 4 nitrogen and oxygen atoms in total. The molecule has 0 fully saturated rings. The van der Waals surface area contributed by atoms with Crippen molar-refractivity contribution < 1.29 is 0 Å². The van der Waals surface area contributed by atoms with Crippen molar-refractivity contribution in [3.05, 3.63) is 42.1 Å². The maximum atomic E-state index is 4.23. The number of benzene rings is 1. The van der Waals surface area contributed by atoms with E-state index < -0.39 is 0 Å². The second kappa shape index (κ2) is 3.70. The predicted octanol–water partition coefficient (Wildman–Crippen LogP) is 3.02. The molecular weight excluding hydrogens is 224 g/mol. The van der Waals surface area contributed by atoms with Gasteiger partial charge in [-0.05, 0) is 0 Å². The lowest BCUT2D eigenvalue weighted by Gasteiger charge is -2.15. The number of hydrogen-bond donors (Lipinski definition) is 1. The van der Waals surface area contributed by atoms with Gasteiger partial charge in [-0.15, -0.1) is 10.2 Å². The first-order valence-electron chi connectivity index (χ1n) is 6.06. The summed E-state index contributed by atoms with van der Waals surface area (Å²) in [5, 5.41) is 11.8. The van der Waals surface area contributed by atoms with Crippen LogP contribution in [0.3, 0.4) is 0 Å². The Morgan fingerprint density at radius 1 is 1.06 bits per heavy atom. The summed E-state index contributed by atoms with van der Waals surface area (Å²) in [6.45, 7) is 6.52. The molecule has 2 aromatic heterocycles. The Morgan fingerprint density at radius 3 is 2.44 bits per heavy atom. The van der Waals surface area contributed by atoms with E-state index >= 15 is 0 Å². The van der Waals surface area contributed by atoms with Crippen LogP contribution in [0.15, 0.2) is 36.4 Å². The highest BCUT2D eigenvalue weighted by atomic mass is 15.4. The number of aromatic amines is 1. The summed E-state index contributed by atoms with van der Waals surface area (Å²) in [5.74, 6) is 0.848. The molecular formula is C14H16N4. The van der Waals surface area contributed by atoms with Crippen LogP contribution in [-0.4, -0.2) is 19.8 Å². The first-order chi connectivity index (χ1) is 8.55. The lowest BCUT2D eigenvalue weighted by molar-refractivity contribution is 0.563. The van der Waals surface area contributed by atoms with Crippen molar-refractivity contribution in [1.29, 1.82) is 0 Å². The zero-order valence-electron chi connectivity index (χ0n) is 10.8. The molecule has 18 heavy (non-hydrogen) atoms. The van der Waals surface area contributed by atoms with Crippen LogP contribution in [0, 0.1) is 0 Å². The van der Waals surface area contributed by atoms with E-state index in [0.29, 0.717) is 0 Å². The van der Waals surface area contributed by atoms with Crippen molar-refractivity contribution in [3.63, 3.8) is 0 Å². The second-order valence-corrected chi connectivity index (χ2v) is 5.50. The summed E-state index contributed by atoms with van der Waals surface area (Å²) in [6.07, 6.45) is 0. The Balaban J connectivity index is 2.18. The van der Waals surface area contributed by atoms with Gasteiger partial charge < -0.3 is 0 Å². The molecule has 1 N–H and O–H groups in total. The van der Waals surface area contributed by atoms with Gasteiger partial charge >= 0.3 is 0 Å². The summed E-state index contributed by atoms with van der Waals surface area (Å²) in [7, 11) is 0. The van der Waals surface area contributed by atoms with Crippen LogP contribution in [0.25, 0.3) is 17.0 Å². The standard InChI is InChI=1S/C14H16N4/c1-14(2,3)11-9-12-15-16-13(18(12)17-11)10-7-5-4-6-8-10/h4-9,17H,1-3H3. The molecule has 0 unspecified atom stereocenters. The molecule has 0 bridgehead atoms. The first-order valence-corrected chi connectivity index (χ1v) is 6.06. The zero-order chi connectivity index (χ0) is 12.8. The molecule has 0 amide bonds. The van der Waals surface area contributed by atoms with E-state index in [4.69, 9.17) is 0 Å². The number of fused-ring (bicyclic) bond motifs is 1. The third-order valence-electron chi connectivity index (χ3n) is 3.03. The number of aromatic nitrogens is 4. The van der Waals surface area contributed by atoms with E-state index in [0.717, 1.165) is 22.7 Å². The van der Waals surface area contributed by atoms with Crippen molar-refractivity contribution in [1.82, 2.24) is 19.8 Å². The summed E-state index contributed by atoms with van der Waals surface area (Å²) in [6, 6.07) is 12.1. The quantitative estimate of drug-likeness (QED) is 0.710. The van der Waals surface area contributed by atoms with Crippen LogP contribution in [-0.2, 0) is 5.41 Å². The predicted molar refractivity (Wildman–Crippen MR) is 71.5 cm³/mol. The van der Waals surface area contributed by atoms with Gasteiger partial charge in [-0.3, -0.25) is 5.10 Å². The maximum absolute atomic E-state index is 4.23. The van der Waals surface area contributed by atoms with Gasteiger partial charge in [-0.25, -0.2) is 4.52 Å². The monoisotopic (exact) mass is 240 g/mol. The van der Waals surface area contributed by atoms with Gasteiger partial charge in [-0.2, -0.15) is 0 Å². The number of hydrogen-bond acceptors (Lipinski definition) is 2. The molecule has 0 aliphatic rings. The van der Waals surface area contributed by atoms with E-state index in [1.807, 2.05) is 34.8 Å². The van der Waals surface area contributed by atoms with Gasteiger partial charge in [0.1, 0.15) is 0 Å². The molecule has 0 radical (unpaired) electrons. The van der Waals surface area contributed by atoms with Crippen molar-refractivity contribution in [2.24, 2.45) is 0 Å². The van der Waals surface area contributed by atoms with Gasteiger partial charge in [0.25, 0.3) is 0 Å². The molecule has 0 aliphatic heterocycles. The lowest BCUT2D eigenvalue weighted by atomic mass is 9.93. The second-order valence-electron chi connectivity index (χ2n) is 5.50. The SMILES string of the molecule is CC(C)(C)c1cc2nnc(-c3ccccc3)n2[nH]1. The van der Waals surface area contributed by atoms with Crippen molar-refractivity contribution >= 4 is 5.65 Å². The van der Waals surface area contributed by atoms with E-state index in [9.17, 15) is 0 Å². The van der Waals surface area contributed by atoms with E-state index in [2.05, 4.69) is 42.1 Å². The van der Waals surface area contributed by atoms with Crippen LogP contribution in [0.4, 0.5) is 0 Å². The fourth-order valence-electron chi connectivity index (χ4n) is 1.94. The number of rotatable bonds is 1. The molecule has 0 spiro atoms. The minimum absolute atomic E-state index is 0.0780. The normalized spacial score (nSPS) is 12.2. The Bertz CT molecular complexity index is 671. The highest BCUT2D eigenvalue weighted by molar-refractivity contribution is 5.59. The van der Waals surface area contributed by atoms with Gasteiger partial charge in [0.05, 0.1) is 0 Å². The first kappa shape index (κ1) is 11.0. The molecule has 3 rings (SSSR count). The molecule has 92 valence electrons. The molecule has 1 aromatic carbocycles. The van der Waals surface area contributed by atoms with Gasteiger partial charge in [0, 0.05) is 22.7 Å². The minimum atomic E-state index is 0.0780. The fraction of sp³-hybridized carbons (Fsp3) is 0.286. The molecule has 2 heterocycles. The number of H-pyrrole nitrogens is 1. The summed E-state index contributed by atoms with van der Waals surface area (Å²) in [4.78, 5) is 0. The number of nitrogens with zero attached hydrogens (tertiary/aromatic N) is 3. The molecule has 3 aromatic rings. The van der Waals surface area contributed by atoms with Crippen LogP contribution < -0.4 is 0 Å².